The highest BCUT2D eigenvalue weighted by atomic mass is 19.5. The third-order valence-electron chi connectivity index (χ3n) is 1.50. The summed E-state index contributed by atoms with van der Waals surface area (Å²) in [5.74, 6) is 0. The van der Waals surface area contributed by atoms with E-state index in [4.69, 9.17) is 0 Å². The number of hydrogen-bond donors (Lipinski definition) is 0. The maximum atomic E-state index is 9.75. The second-order valence-corrected chi connectivity index (χ2v) is 3.61. The molecule has 1 rings (SSSR count). The van der Waals surface area contributed by atoms with Gasteiger partial charge in [0.05, 0.1) is 0 Å². The van der Waals surface area contributed by atoms with Crippen molar-refractivity contribution in [3.05, 3.63) is 0 Å². The molecule has 0 amide bonds. The van der Waals surface area contributed by atoms with E-state index in [2.05, 4.69) is 0 Å². The number of hydrogen-bond acceptors (Lipinski definition) is 0. The molecule has 132 valence electrons. The van der Waals surface area contributed by atoms with Gasteiger partial charge < -0.3 is 51.8 Å². The third kappa shape index (κ3) is 203. The molecule has 0 aliphatic heterocycles. The molecule has 1 saturated carbocycles. The van der Waals surface area contributed by atoms with Crippen LogP contribution in [0.1, 0.15) is 38.5 Å². The highest BCUT2D eigenvalue weighted by Gasteiger charge is 2.21. The molecule has 21 heavy (non-hydrogen) atoms. The van der Waals surface area contributed by atoms with Crippen LogP contribution in [0.25, 0.3) is 0 Å². The molecule has 0 N–H and O–H groups in total. The fraction of sp³-hybridized carbons (Fsp3) is 1.00. The molecule has 15 heteroatoms. The fourth-order valence-electron chi connectivity index (χ4n) is 1.06. The summed E-state index contributed by atoms with van der Waals surface area (Å²) in [6.07, 6.45) is 9.00. The average molecular weight is 345 g/mol. The summed E-state index contributed by atoms with van der Waals surface area (Å²) in [4.78, 5) is 0. The quantitative estimate of drug-likeness (QED) is 0.360. The van der Waals surface area contributed by atoms with Crippen LogP contribution < -0.4 is 0 Å². The van der Waals surface area contributed by atoms with Crippen LogP contribution in [0.15, 0.2) is 0 Å². The van der Waals surface area contributed by atoms with Gasteiger partial charge in [0.15, 0.2) is 0 Å². The summed E-state index contributed by atoms with van der Waals surface area (Å²) in [5.41, 5.74) is 0. The van der Waals surface area contributed by atoms with Crippen molar-refractivity contribution < 1.29 is 51.8 Å². The van der Waals surface area contributed by atoms with E-state index in [-0.39, 0.29) is 0 Å². The highest BCUT2D eigenvalue weighted by molar-refractivity contribution is 6.50. The van der Waals surface area contributed by atoms with Crippen molar-refractivity contribution in [2.24, 2.45) is 0 Å². The summed E-state index contributed by atoms with van der Waals surface area (Å²) < 4.78 is 117. The van der Waals surface area contributed by atoms with Crippen LogP contribution in [0.5, 0.6) is 0 Å². The zero-order valence-corrected chi connectivity index (χ0v) is 10.5. The zero-order valence-electron chi connectivity index (χ0n) is 10.5. The fourth-order valence-corrected chi connectivity index (χ4v) is 1.06. The Morgan fingerprint density at radius 1 is 0.286 bits per heavy atom. The second-order valence-electron chi connectivity index (χ2n) is 3.61. The molecule has 0 nitrogen and oxygen atoms in total. The molecule has 0 spiro atoms. The van der Waals surface area contributed by atoms with Gasteiger partial charge >= 0.3 is 21.8 Å². The summed E-state index contributed by atoms with van der Waals surface area (Å²) in [6, 6.07) is 0. The molecule has 0 aromatic heterocycles. The molecule has 1 aliphatic rings. The Morgan fingerprint density at radius 3 is 0.381 bits per heavy atom. The normalized spacial score (nSPS) is 15.4. The lowest BCUT2D eigenvalue weighted by atomic mass is 10.0. The first-order valence-corrected chi connectivity index (χ1v) is 5.62. The predicted molar refractivity (Wildman–Crippen MR) is 58.3 cm³/mol. The molecule has 0 heterocycles. The van der Waals surface area contributed by atoms with Crippen LogP contribution in [0, 0.1) is 0 Å². The molecule has 1 fully saturated rings. The summed E-state index contributed by atoms with van der Waals surface area (Å²) in [5, 5.41) is 0. The molecule has 0 aromatic rings. The minimum absolute atomic E-state index is 1.50. The van der Waals surface area contributed by atoms with E-state index < -0.39 is 21.8 Å². The van der Waals surface area contributed by atoms with Gasteiger partial charge in [0, 0.05) is 0 Å². The Bertz CT molecular complexity index is 158. The van der Waals surface area contributed by atoms with Crippen LogP contribution in [0.4, 0.5) is 51.8 Å². The van der Waals surface area contributed by atoms with Crippen molar-refractivity contribution in [3.8, 4) is 0 Å². The largest absolute Gasteiger partial charge is 0.673 e. The molecule has 1 aliphatic carbocycles. The van der Waals surface area contributed by atoms with E-state index in [1.54, 1.807) is 0 Å². The van der Waals surface area contributed by atoms with Crippen LogP contribution in [-0.2, 0) is 0 Å². The number of halogens is 12. The van der Waals surface area contributed by atoms with E-state index in [0.29, 0.717) is 0 Å². The molecule has 0 unspecified atom stereocenters. The van der Waals surface area contributed by atoms with Gasteiger partial charge in [-0.15, -0.1) is 0 Å². The lowest BCUT2D eigenvalue weighted by Crippen LogP contribution is -2.02. The van der Waals surface area contributed by atoms with Gasteiger partial charge in [-0.1, -0.05) is 38.5 Å². The monoisotopic (exact) mass is 345 g/mol. The van der Waals surface area contributed by atoms with Gasteiger partial charge in [-0.05, 0) is 0 Å². The van der Waals surface area contributed by atoms with Crippen molar-refractivity contribution in [3.63, 3.8) is 0 Å². The SMILES string of the molecule is C1CCCCC1.F[B-](F)(F)F.F[B-](F)(F)F.F[B-](F)(F)F. The van der Waals surface area contributed by atoms with Gasteiger partial charge in [0.1, 0.15) is 0 Å². The molecule has 0 bridgehead atoms. The molecule has 0 radical (unpaired) electrons. The molecule has 0 saturated heterocycles. The highest BCUT2D eigenvalue weighted by Crippen LogP contribution is 2.15. The second kappa shape index (κ2) is 12.0. The van der Waals surface area contributed by atoms with Crippen molar-refractivity contribution in [1.29, 1.82) is 0 Å². The molecular formula is C6H12B3F12-3. The molecule has 0 aromatic carbocycles. The number of rotatable bonds is 0. The van der Waals surface area contributed by atoms with Crippen molar-refractivity contribution in [1.82, 2.24) is 0 Å². The minimum Gasteiger partial charge on any atom is -0.418 e. The summed E-state index contributed by atoms with van der Waals surface area (Å²) >= 11 is 0. The first kappa shape index (κ1) is 25.3. The van der Waals surface area contributed by atoms with Crippen LogP contribution in [0.3, 0.4) is 0 Å². The minimum atomic E-state index is -6.00. The van der Waals surface area contributed by atoms with Gasteiger partial charge in [0.25, 0.3) is 0 Å². The van der Waals surface area contributed by atoms with Crippen LogP contribution in [0.2, 0.25) is 0 Å². The Morgan fingerprint density at radius 2 is 0.333 bits per heavy atom. The Kier molecular flexibility index (Phi) is 14.4. The summed E-state index contributed by atoms with van der Waals surface area (Å²) in [6.45, 7) is 0. The Labute approximate surface area is 113 Å². The maximum absolute atomic E-state index is 9.75. The Hall–Kier alpha value is -0.645. The van der Waals surface area contributed by atoms with Crippen LogP contribution >= 0.6 is 0 Å². The van der Waals surface area contributed by atoms with Crippen molar-refractivity contribution in [2.45, 2.75) is 38.5 Å². The lowest BCUT2D eigenvalue weighted by molar-refractivity contribution is 0.366. The smallest absolute Gasteiger partial charge is 0.418 e. The van der Waals surface area contributed by atoms with Crippen molar-refractivity contribution in [2.75, 3.05) is 0 Å². The molecular weight excluding hydrogens is 332 g/mol. The van der Waals surface area contributed by atoms with Crippen molar-refractivity contribution >= 4 is 21.8 Å². The van der Waals surface area contributed by atoms with Gasteiger partial charge in [0.2, 0.25) is 0 Å². The maximum Gasteiger partial charge on any atom is 0.673 e. The predicted octanol–water partition coefficient (Wildman–Crippen LogP) is 6.24. The van der Waals surface area contributed by atoms with E-state index in [0.717, 1.165) is 0 Å². The van der Waals surface area contributed by atoms with Gasteiger partial charge in [-0.25, -0.2) is 0 Å². The first-order valence-electron chi connectivity index (χ1n) is 5.62. The van der Waals surface area contributed by atoms with E-state index in [1.807, 2.05) is 0 Å². The standard InChI is InChI=1S/C6H12.3BF4/c1-2-4-6-5-3-1;3*2-1(3,4)5/h1-6H2;;;/q;3*-1. The Balaban J connectivity index is -0.000000207. The first-order chi connectivity index (χ1) is 9.00. The topological polar surface area (TPSA) is 0 Å². The lowest BCUT2D eigenvalue weighted by Gasteiger charge is -2.05. The van der Waals surface area contributed by atoms with Crippen LogP contribution in [-0.4, -0.2) is 21.8 Å². The van der Waals surface area contributed by atoms with E-state index >= 15 is 0 Å². The van der Waals surface area contributed by atoms with E-state index in [1.165, 1.54) is 38.5 Å². The zero-order chi connectivity index (χ0) is 17.7. The molecule has 0 atom stereocenters. The van der Waals surface area contributed by atoms with E-state index in [9.17, 15) is 51.8 Å². The van der Waals surface area contributed by atoms with Gasteiger partial charge in [-0.2, -0.15) is 0 Å². The van der Waals surface area contributed by atoms with Gasteiger partial charge in [-0.3, -0.25) is 0 Å². The summed E-state index contributed by atoms with van der Waals surface area (Å²) in [7, 11) is -18.0. The third-order valence-corrected chi connectivity index (χ3v) is 1.50. The average Bonchev–Trinajstić information content (AvgIpc) is 2.12.